The first-order valence-electron chi connectivity index (χ1n) is 9.26. The molecule has 3 aromatic heterocycles. The van der Waals surface area contributed by atoms with Gasteiger partial charge in [-0.25, -0.2) is 9.97 Å². The highest BCUT2D eigenvalue weighted by atomic mass is 32.2. The molecule has 0 fully saturated rings. The lowest BCUT2D eigenvalue weighted by Crippen LogP contribution is -2.25. The van der Waals surface area contributed by atoms with Crippen molar-refractivity contribution >= 4 is 33.7 Å². The summed E-state index contributed by atoms with van der Waals surface area (Å²) in [6.07, 6.45) is 1.61. The van der Waals surface area contributed by atoms with Crippen LogP contribution >= 0.6 is 11.8 Å². The number of para-hydroxylation sites is 3. The molecule has 6 nitrogen and oxygen atoms in total. The summed E-state index contributed by atoms with van der Waals surface area (Å²) >= 11 is 1.57. The molecule has 0 spiro atoms. The summed E-state index contributed by atoms with van der Waals surface area (Å²) in [7, 11) is 2.00. The van der Waals surface area contributed by atoms with Crippen molar-refractivity contribution in [3.8, 4) is 0 Å². The molecule has 144 valence electrons. The quantitative estimate of drug-likeness (QED) is 0.412. The summed E-state index contributed by atoms with van der Waals surface area (Å²) < 4.78 is 9.23. The van der Waals surface area contributed by atoms with E-state index in [1.54, 1.807) is 22.6 Å². The van der Waals surface area contributed by atoms with E-state index < -0.39 is 0 Å². The molecular weight excluding hydrogens is 384 g/mol. The largest absolute Gasteiger partial charge is 0.467 e. The smallest absolute Gasteiger partial charge is 0.261 e. The predicted octanol–water partition coefficient (Wildman–Crippen LogP) is 4.22. The van der Waals surface area contributed by atoms with Crippen LogP contribution in [0.2, 0.25) is 0 Å². The Hall–Kier alpha value is -3.32. The first-order valence-corrected chi connectivity index (χ1v) is 10.2. The Morgan fingerprint density at radius 1 is 0.966 bits per heavy atom. The van der Waals surface area contributed by atoms with E-state index in [2.05, 4.69) is 4.57 Å². The van der Waals surface area contributed by atoms with Gasteiger partial charge in [0.2, 0.25) is 0 Å². The highest BCUT2D eigenvalue weighted by Gasteiger charge is 2.15. The van der Waals surface area contributed by atoms with Crippen LogP contribution in [0.4, 0.5) is 0 Å². The first kappa shape index (κ1) is 17.8. The number of hydrogen-bond donors (Lipinski definition) is 0. The van der Waals surface area contributed by atoms with Gasteiger partial charge in [-0.1, -0.05) is 36.0 Å². The molecule has 0 saturated carbocycles. The molecule has 29 heavy (non-hydrogen) atoms. The van der Waals surface area contributed by atoms with Gasteiger partial charge < -0.3 is 8.98 Å². The van der Waals surface area contributed by atoms with Crippen molar-refractivity contribution in [2.75, 3.05) is 0 Å². The van der Waals surface area contributed by atoms with Crippen molar-refractivity contribution in [3.63, 3.8) is 0 Å². The van der Waals surface area contributed by atoms with Crippen LogP contribution in [0.3, 0.4) is 0 Å². The van der Waals surface area contributed by atoms with E-state index in [0.29, 0.717) is 29.0 Å². The fraction of sp³-hybridized carbons (Fsp3) is 0.136. The number of aromatic nitrogens is 4. The minimum absolute atomic E-state index is 0.0624. The molecule has 0 bridgehead atoms. The molecule has 0 unspecified atom stereocenters. The maximum Gasteiger partial charge on any atom is 0.261 e. The van der Waals surface area contributed by atoms with Gasteiger partial charge in [-0.3, -0.25) is 9.36 Å². The number of thioether (sulfide) groups is 1. The number of furan rings is 1. The Labute approximate surface area is 170 Å². The fourth-order valence-corrected chi connectivity index (χ4v) is 4.36. The molecule has 0 aliphatic heterocycles. The number of nitrogens with zero attached hydrogens (tertiary/aromatic N) is 4. The molecule has 0 aliphatic rings. The van der Waals surface area contributed by atoms with Gasteiger partial charge in [0.15, 0.2) is 5.16 Å². The molecule has 0 radical (unpaired) electrons. The summed E-state index contributed by atoms with van der Waals surface area (Å²) in [5, 5.41) is 1.49. The van der Waals surface area contributed by atoms with E-state index in [-0.39, 0.29) is 5.56 Å². The molecule has 2 aromatic carbocycles. The second-order valence-electron chi connectivity index (χ2n) is 6.75. The van der Waals surface area contributed by atoms with E-state index in [1.165, 1.54) is 0 Å². The molecule has 3 heterocycles. The normalized spacial score (nSPS) is 11.5. The fourth-order valence-electron chi connectivity index (χ4n) is 3.43. The van der Waals surface area contributed by atoms with Gasteiger partial charge >= 0.3 is 0 Å². The van der Waals surface area contributed by atoms with Gasteiger partial charge in [0, 0.05) is 7.05 Å². The summed E-state index contributed by atoms with van der Waals surface area (Å²) in [6.45, 7) is 0.349. The van der Waals surface area contributed by atoms with Gasteiger partial charge in [-0.15, -0.1) is 0 Å². The standard InChI is InChI=1S/C22H18N4O2S/c1-25-19-11-5-4-10-18(19)24-22(25)29-14-20-23-17-9-3-2-8-16(17)21(27)26(20)13-15-7-6-12-28-15/h2-12H,13-14H2,1H3. The maximum atomic E-state index is 13.1. The number of imidazole rings is 1. The zero-order valence-electron chi connectivity index (χ0n) is 15.8. The second kappa shape index (κ2) is 7.25. The van der Waals surface area contributed by atoms with Gasteiger partial charge in [0.25, 0.3) is 5.56 Å². The van der Waals surface area contributed by atoms with Crippen molar-refractivity contribution in [2.24, 2.45) is 7.05 Å². The van der Waals surface area contributed by atoms with Crippen molar-refractivity contribution in [1.82, 2.24) is 19.1 Å². The summed E-state index contributed by atoms with van der Waals surface area (Å²) in [6, 6.07) is 19.2. The summed E-state index contributed by atoms with van der Waals surface area (Å²) in [4.78, 5) is 22.6. The van der Waals surface area contributed by atoms with Gasteiger partial charge in [-0.2, -0.15) is 0 Å². The highest BCUT2D eigenvalue weighted by Crippen LogP contribution is 2.25. The number of fused-ring (bicyclic) bond motifs is 2. The average molecular weight is 402 g/mol. The lowest BCUT2D eigenvalue weighted by molar-refractivity contribution is 0.485. The van der Waals surface area contributed by atoms with Gasteiger partial charge in [0.05, 0.1) is 40.5 Å². The summed E-state index contributed by atoms with van der Waals surface area (Å²) in [5.74, 6) is 1.94. The van der Waals surface area contributed by atoms with E-state index in [4.69, 9.17) is 14.4 Å². The molecule has 0 atom stereocenters. The minimum Gasteiger partial charge on any atom is -0.467 e. The number of benzene rings is 2. The van der Waals surface area contributed by atoms with Crippen molar-refractivity contribution in [3.05, 3.63) is 88.9 Å². The molecule has 7 heteroatoms. The highest BCUT2D eigenvalue weighted by molar-refractivity contribution is 7.98. The number of aryl methyl sites for hydroxylation is 1. The van der Waals surface area contributed by atoms with Crippen LogP contribution in [0.5, 0.6) is 0 Å². The van der Waals surface area contributed by atoms with Gasteiger partial charge in [0.1, 0.15) is 11.6 Å². The summed E-state index contributed by atoms with van der Waals surface area (Å²) in [5.41, 5.74) is 2.67. The molecule has 5 aromatic rings. The zero-order valence-corrected chi connectivity index (χ0v) is 16.6. The van der Waals surface area contributed by atoms with E-state index in [1.807, 2.05) is 67.7 Å². The third kappa shape index (κ3) is 3.23. The predicted molar refractivity (Wildman–Crippen MR) is 114 cm³/mol. The lowest BCUT2D eigenvalue weighted by atomic mass is 10.2. The van der Waals surface area contributed by atoms with Crippen LogP contribution in [0.15, 0.2) is 81.3 Å². The lowest BCUT2D eigenvalue weighted by Gasteiger charge is -2.12. The Morgan fingerprint density at radius 3 is 2.55 bits per heavy atom. The van der Waals surface area contributed by atoms with Crippen LogP contribution in [0, 0.1) is 0 Å². The molecule has 0 amide bonds. The van der Waals surface area contributed by atoms with Crippen LogP contribution < -0.4 is 5.56 Å². The number of hydrogen-bond acceptors (Lipinski definition) is 5. The van der Waals surface area contributed by atoms with Crippen molar-refractivity contribution < 1.29 is 4.42 Å². The Bertz CT molecular complexity index is 1370. The third-order valence-corrected chi connectivity index (χ3v) is 5.94. The van der Waals surface area contributed by atoms with E-state index in [0.717, 1.165) is 22.0 Å². The Morgan fingerprint density at radius 2 is 1.76 bits per heavy atom. The molecule has 0 N–H and O–H groups in total. The average Bonchev–Trinajstić information content (AvgIpc) is 3.37. The Kier molecular flexibility index (Phi) is 4.44. The van der Waals surface area contributed by atoms with Gasteiger partial charge in [-0.05, 0) is 36.4 Å². The maximum absolute atomic E-state index is 13.1. The molecule has 0 saturated heterocycles. The number of rotatable bonds is 5. The van der Waals surface area contributed by atoms with E-state index in [9.17, 15) is 4.79 Å². The van der Waals surface area contributed by atoms with Crippen LogP contribution in [0.25, 0.3) is 21.9 Å². The van der Waals surface area contributed by atoms with E-state index >= 15 is 0 Å². The molecular formula is C22H18N4O2S. The SMILES string of the molecule is Cn1c(SCc2nc3ccccc3c(=O)n2Cc2ccco2)nc2ccccc21. The van der Waals surface area contributed by atoms with Crippen LogP contribution in [-0.2, 0) is 19.3 Å². The van der Waals surface area contributed by atoms with Crippen LogP contribution in [0.1, 0.15) is 11.6 Å². The minimum atomic E-state index is -0.0624. The van der Waals surface area contributed by atoms with Crippen molar-refractivity contribution in [1.29, 1.82) is 0 Å². The zero-order chi connectivity index (χ0) is 19.8. The third-order valence-electron chi connectivity index (χ3n) is 4.91. The molecule has 5 rings (SSSR count). The monoisotopic (exact) mass is 402 g/mol. The molecule has 0 aliphatic carbocycles. The topological polar surface area (TPSA) is 65.8 Å². The first-order chi connectivity index (χ1) is 14.2. The van der Waals surface area contributed by atoms with Crippen LogP contribution in [-0.4, -0.2) is 19.1 Å². The Balaban J connectivity index is 1.55. The second-order valence-corrected chi connectivity index (χ2v) is 7.69. The van der Waals surface area contributed by atoms with Crippen molar-refractivity contribution in [2.45, 2.75) is 17.5 Å².